The number of nitrogens with zero attached hydrogens (tertiary/aromatic N) is 1. The van der Waals surface area contributed by atoms with Crippen LogP contribution in [0.3, 0.4) is 0 Å². The van der Waals surface area contributed by atoms with Gasteiger partial charge < -0.3 is 4.90 Å². The van der Waals surface area contributed by atoms with Gasteiger partial charge in [0.2, 0.25) is 0 Å². The molecule has 1 nitrogen and oxygen atoms in total. The van der Waals surface area contributed by atoms with Crippen molar-refractivity contribution in [3.05, 3.63) is 244 Å². The summed E-state index contributed by atoms with van der Waals surface area (Å²) in [5.41, 5.74) is 25.1. The van der Waals surface area contributed by atoms with E-state index in [0.29, 0.717) is 0 Å². The van der Waals surface area contributed by atoms with Crippen LogP contribution in [0.15, 0.2) is 188 Å². The highest BCUT2D eigenvalue weighted by molar-refractivity contribution is 5.93. The molecule has 61 heavy (non-hydrogen) atoms. The lowest BCUT2D eigenvalue weighted by molar-refractivity contribution is 0.562. The maximum atomic E-state index is 2.55. The Bertz CT molecular complexity index is 3160. The standard InChI is InChI=1S/C60H47N/c1-38-17-16-18-41-35-43(37-55-57(41)59(4,5)52-26-13-14-27-53(52)60(55)50-24-11-7-21-46(50)47-22-8-12-25-51(47)60)61(56-28-15-9-19-44(38)56)42-32-29-39(30-33-42)40-31-34-48-45-20-6-10-23-49(45)58(2,3)54(48)36-40/h6-37H,1-5H3/b18-16-,38-17+. The maximum absolute atomic E-state index is 2.55. The van der Waals surface area contributed by atoms with Gasteiger partial charge in [0, 0.05) is 27.8 Å². The van der Waals surface area contributed by atoms with Crippen molar-refractivity contribution in [3.8, 4) is 33.4 Å². The summed E-state index contributed by atoms with van der Waals surface area (Å²) in [5.74, 6) is 0. The van der Waals surface area contributed by atoms with Gasteiger partial charge in [-0.25, -0.2) is 0 Å². The lowest BCUT2D eigenvalue weighted by Gasteiger charge is -2.48. The summed E-state index contributed by atoms with van der Waals surface area (Å²) >= 11 is 0. The number of benzene rings is 8. The number of fused-ring (bicyclic) bond motifs is 16. The fraction of sp³-hybridized carbons (Fsp3) is 0.133. The van der Waals surface area contributed by atoms with Crippen LogP contribution in [0.4, 0.5) is 17.1 Å². The van der Waals surface area contributed by atoms with Crippen molar-refractivity contribution in [2.24, 2.45) is 0 Å². The molecule has 1 spiro atoms. The minimum absolute atomic E-state index is 0.0515. The molecule has 1 heteroatoms. The van der Waals surface area contributed by atoms with E-state index in [-0.39, 0.29) is 10.8 Å². The van der Waals surface area contributed by atoms with E-state index < -0.39 is 5.41 Å². The van der Waals surface area contributed by atoms with Crippen LogP contribution in [0.2, 0.25) is 0 Å². The van der Waals surface area contributed by atoms with E-state index in [1.54, 1.807) is 0 Å². The SMILES string of the molecule is C/C1=C\C=C/c2cc(cc3c2C(C)(C)c2ccccc2C32c3ccccc3-c3ccccc32)N(c2ccc(-c3ccc4c(c3)C(C)(C)c3ccccc3-4)cc2)c2ccccc21. The largest absolute Gasteiger partial charge is 0.310 e. The number of anilines is 3. The highest BCUT2D eigenvalue weighted by Gasteiger charge is 2.54. The highest BCUT2D eigenvalue weighted by atomic mass is 15.1. The average Bonchev–Trinajstić information content (AvgIpc) is 3.71. The lowest BCUT2D eigenvalue weighted by Crippen LogP contribution is -2.41. The van der Waals surface area contributed by atoms with Crippen LogP contribution in [0.5, 0.6) is 0 Å². The normalized spacial score (nSPS) is 17.7. The molecule has 0 radical (unpaired) electrons. The molecule has 0 saturated carbocycles. The second kappa shape index (κ2) is 12.8. The number of allylic oxidation sites excluding steroid dienone is 3. The third-order valence-electron chi connectivity index (χ3n) is 14.6. The molecule has 8 aromatic carbocycles. The van der Waals surface area contributed by atoms with Gasteiger partial charge in [0.1, 0.15) is 0 Å². The van der Waals surface area contributed by atoms with Gasteiger partial charge in [-0.1, -0.05) is 185 Å². The number of para-hydroxylation sites is 1. The first kappa shape index (κ1) is 35.9. The van der Waals surface area contributed by atoms with E-state index in [4.69, 9.17) is 0 Å². The van der Waals surface area contributed by atoms with Crippen molar-refractivity contribution in [1.82, 2.24) is 0 Å². The Kier molecular flexibility index (Phi) is 7.53. The summed E-state index contributed by atoms with van der Waals surface area (Å²) in [6.45, 7) is 11.8. The summed E-state index contributed by atoms with van der Waals surface area (Å²) in [6.07, 6.45) is 6.93. The minimum Gasteiger partial charge on any atom is -0.310 e. The Labute approximate surface area is 360 Å². The van der Waals surface area contributed by atoms with Gasteiger partial charge in [0.25, 0.3) is 0 Å². The van der Waals surface area contributed by atoms with Crippen molar-refractivity contribution < 1.29 is 0 Å². The third-order valence-corrected chi connectivity index (χ3v) is 14.6. The fourth-order valence-corrected chi connectivity index (χ4v) is 11.9. The molecule has 1 aliphatic heterocycles. The fourth-order valence-electron chi connectivity index (χ4n) is 11.9. The Morgan fingerprint density at radius 1 is 0.393 bits per heavy atom. The second-order valence-corrected chi connectivity index (χ2v) is 18.5. The average molecular weight is 782 g/mol. The smallest absolute Gasteiger partial charge is 0.0720 e. The molecular weight excluding hydrogens is 735 g/mol. The second-order valence-electron chi connectivity index (χ2n) is 18.5. The predicted molar refractivity (Wildman–Crippen MR) is 256 cm³/mol. The highest BCUT2D eigenvalue weighted by Crippen LogP contribution is 2.63. The van der Waals surface area contributed by atoms with Crippen molar-refractivity contribution in [1.29, 1.82) is 0 Å². The third kappa shape index (κ3) is 4.84. The monoisotopic (exact) mass is 781 g/mol. The summed E-state index contributed by atoms with van der Waals surface area (Å²) in [6, 6.07) is 66.7. The molecule has 1 heterocycles. The molecule has 292 valence electrons. The van der Waals surface area contributed by atoms with Gasteiger partial charge >= 0.3 is 0 Å². The quantitative estimate of drug-likeness (QED) is 0.169. The van der Waals surface area contributed by atoms with E-state index in [9.17, 15) is 0 Å². The molecule has 4 aliphatic rings. The Morgan fingerprint density at radius 3 is 1.62 bits per heavy atom. The van der Waals surface area contributed by atoms with E-state index in [1.807, 2.05) is 0 Å². The molecule has 12 rings (SSSR count). The molecule has 0 N–H and O–H groups in total. The van der Waals surface area contributed by atoms with Gasteiger partial charge in [-0.15, -0.1) is 0 Å². The molecule has 0 saturated heterocycles. The molecule has 0 amide bonds. The summed E-state index contributed by atoms with van der Waals surface area (Å²) < 4.78 is 0. The number of rotatable bonds is 2. The molecule has 0 atom stereocenters. The topological polar surface area (TPSA) is 3.24 Å². The first-order valence-corrected chi connectivity index (χ1v) is 21.8. The molecule has 2 bridgehead atoms. The predicted octanol–water partition coefficient (Wildman–Crippen LogP) is 15.6. The van der Waals surface area contributed by atoms with Gasteiger partial charge in [0.05, 0.1) is 11.1 Å². The first-order chi connectivity index (χ1) is 29.7. The summed E-state index contributed by atoms with van der Waals surface area (Å²) in [4.78, 5) is 2.51. The summed E-state index contributed by atoms with van der Waals surface area (Å²) in [7, 11) is 0. The zero-order chi connectivity index (χ0) is 41.3. The Hall–Kier alpha value is -6.96. The van der Waals surface area contributed by atoms with Crippen LogP contribution in [0.1, 0.15) is 90.3 Å². The van der Waals surface area contributed by atoms with Crippen LogP contribution in [0.25, 0.3) is 45.0 Å². The maximum Gasteiger partial charge on any atom is 0.0720 e. The number of hydrogen-bond acceptors (Lipinski definition) is 1. The number of hydrogen-bond donors (Lipinski definition) is 0. The Balaban J connectivity index is 1.10. The Morgan fingerprint density at radius 2 is 0.934 bits per heavy atom. The van der Waals surface area contributed by atoms with Crippen LogP contribution in [0, 0.1) is 0 Å². The van der Waals surface area contributed by atoms with Crippen molar-refractivity contribution >= 4 is 28.7 Å². The summed E-state index contributed by atoms with van der Waals surface area (Å²) in [5, 5.41) is 0. The van der Waals surface area contributed by atoms with Crippen molar-refractivity contribution in [3.63, 3.8) is 0 Å². The van der Waals surface area contributed by atoms with Gasteiger partial charge in [0.15, 0.2) is 0 Å². The molecule has 0 fully saturated rings. The first-order valence-electron chi connectivity index (χ1n) is 21.8. The van der Waals surface area contributed by atoms with Crippen molar-refractivity contribution in [2.45, 2.75) is 50.9 Å². The molecule has 0 unspecified atom stereocenters. The zero-order valence-corrected chi connectivity index (χ0v) is 35.4. The molecular formula is C60H47N. The van der Waals surface area contributed by atoms with Crippen LogP contribution >= 0.6 is 0 Å². The minimum atomic E-state index is -0.501. The van der Waals surface area contributed by atoms with Crippen LogP contribution in [-0.4, -0.2) is 0 Å². The van der Waals surface area contributed by atoms with E-state index in [2.05, 4.69) is 234 Å². The molecule has 8 aromatic rings. The molecule has 0 aromatic heterocycles. The van der Waals surface area contributed by atoms with Gasteiger partial charge in [-0.05, 0) is 132 Å². The zero-order valence-electron chi connectivity index (χ0n) is 35.4. The van der Waals surface area contributed by atoms with Crippen LogP contribution in [-0.2, 0) is 16.2 Å². The van der Waals surface area contributed by atoms with Gasteiger partial charge in [-0.3, -0.25) is 0 Å². The molecule has 3 aliphatic carbocycles. The van der Waals surface area contributed by atoms with E-state index in [1.165, 1.54) is 100 Å². The van der Waals surface area contributed by atoms with Crippen molar-refractivity contribution in [2.75, 3.05) is 4.90 Å². The lowest BCUT2D eigenvalue weighted by atomic mass is 9.54. The van der Waals surface area contributed by atoms with Gasteiger partial charge in [-0.2, -0.15) is 0 Å². The van der Waals surface area contributed by atoms with E-state index >= 15 is 0 Å². The van der Waals surface area contributed by atoms with E-state index in [0.717, 1.165) is 11.4 Å². The van der Waals surface area contributed by atoms with Crippen LogP contribution < -0.4 is 4.90 Å².